The third kappa shape index (κ3) is 2.61. The largest absolute Gasteiger partial charge is 0.493 e. The molecule has 2 heterocycles. The Labute approximate surface area is 174 Å². The minimum Gasteiger partial charge on any atom is -0.493 e. The van der Waals surface area contributed by atoms with E-state index in [0.717, 1.165) is 22.4 Å². The molecule has 0 bridgehead atoms. The van der Waals surface area contributed by atoms with E-state index >= 15 is 0 Å². The Morgan fingerprint density at radius 3 is 2.10 bits per heavy atom. The highest BCUT2D eigenvalue weighted by molar-refractivity contribution is 5.79. The lowest BCUT2D eigenvalue weighted by molar-refractivity contribution is -0.141. The summed E-state index contributed by atoms with van der Waals surface area (Å²) >= 11 is 0. The van der Waals surface area contributed by atoms with E-state index in [0.29, 0.717) is 29.6 Å². The molecule has 2 aromatic carbocycles. The Balaban J connectivity index is 1.74. The molecule has 5 rings (SSSR count). The van der Waals surface area contributed by atoms with Gasteiger partial charge in [0.15, 0.2) is 23.0 Å². The van der Waals surface area contributed by atoms with Crippen molar-refractivity contribution in [1.29, 1.82) is 0 Å². The van der Waals surface area contributed by atoms with Gasteiger partial charge in [0.25, 0.3) is 0 Å². The van der Waals surface area contributed by atoms with E-state index in [-0.39, 0.29) is 36.4 Å². The summed E-state index contributed by atoms with van der Waals surface area (Å²) in [6.07, 6.45) is 0. The molecule has 0 N–H and O–H groups in total. The molecule has 7 heteroatoms. The van der Waals surface area contributed by atoms with Crippen LogP contribution in [0.4, 0.5) is 0 Å². The number of hydrogen-bond donors (Lipinski definition) is 0. The molecular formula is C23H24O7. The SMILES string of the molecule is COc1cc(C2c3cc4c(cc3[C@H](C)[C@H]3COC(=O)[C@H]23)OCO4)cc(OC)c1OC. The van der Waals surface area contributed by atoms with Crippen LogP contribution in [0.3, 0.4) is 0 Å². The lowest BCUT2D eigenvalue weighted by Crippen LogP contribution is -2.33. The van der Waals surface area contributed by atoms with Crippen molar-refractivity contribution in [2.45, 2.75) is 18.8 Å². The summed E-state index contributed by atoms with van der Waals surface area (Å²) < 4.78 is 33.4. The lowest BCUT2D eigenvalue weighted by Gasteiger charge is -2.37. The standard InChI is InChI=1S/C23H24O7/c1-11-13-7-16-17(30-10-29-16)8-14(13)20(21-15(11)9-28-23(21)24)12-5-18(25-2)22(27-4)19(6-12)26-3/h5-8,11,15,20-21H,9-10H2,1-4H3/t11-,15+,20?,21-/m0/s1. The fourth-order valence-electron chi connectivity index (χ4n) is 5.12. The van der Waals surface area contributed by atoms with Crippen molar-refractivity contribution in [1.82, 2.24) is 0 Å². The van der Waals surface area contributed by atoms with Gasteiger partial charge in [-0.2, -0.15) is 0 Å². The molecule has 0 amide bonds. The van der Waals surface area contributed by atoms with Gasteiger partial charge in [0.1, 0.15) is 0 Å². The molecule has 1 aliphatic carbocycles. The van der Waals surface area contributed by atoms with E-state index in [1.54, 1.807) is 21.3 Å². The summed E-state index contributed by atoms with van der Waals surface area (Å²) in [5.41, 5.74) is 3.10. The van der Waals surface area contributed by atoms with E-state index in [1.807, 2.05) is 24.3 Å². The number of methoxy groups -OCH3 is 3. The number of cyclic esters (lactones) is 1. The minimum atomic E-state index is -0.296. The molecule has 0 radical (unpaired) electrons. The molecule has 30 heavy (non-hydrogen) atoms. The molecule has 1 fully saturated rings. The van der Waals surface area contributed by atoms with Gasteiger partial charge in [-0.25, -0.2) is 0 Å². The number of ether oxygens (including phenoxy) is 6. The van der Waals surface area contributed by atoms with Gasteiger partial charge in [0, 0.05) is 11.8 Å². The molecule has 2 aromatic rings. The van der Waals surface area contributed by atoms with Crippen LogP contribution in [-0.4, -0.2) is 40.7 Å². The number of carbonyl (C=O) groups excluding carboxylic acids is 1. The number of fused-ring (bicyclic) bond motifs is 3. The molecular weight excluding hydrogens is 388 g/mol. The summed E-state index contributed by atoms with van der Waals surface area (Å²) in [5, 5.41) is 0. The normalized spacial score (nSPS) is 25.9. The highest BCUT2D eigenvalue weighted by Crippen LogP contribution is 2.56. The van der Waals surface area contributed by atoms with E-state index in [2.05, 4.69) is 6.92 Å². The summed E-state index contributed by atoms with van der Waals surface area (Å²) in [4.78, 5) is 12.8. The Kier molecular flexibility index (Phi) is 4.41. The van der Waals surface area contributed by atoms with Crippen LogP contribution in [0.1, 0.15) is 35.4 Å². The first-order chi connectivity index (χ1) is 14.6. The Morgan fingerprint density at radius 2 is 1.50 bits per heavy atom. The molecule has 1 unspecified atom stereocenters. The van der Waals surface area contributed by atoms with Gasteiger partial charge >= 0.3 is 5.97 Å². The summed E-state index contributed by atoms with van der Waals surface area (Å²) in [6.45, 7) is 2.77. The van der Waals surface area contributed by atoms with Crippen LogP contribution in [0.15, 0.2) is 24.3 Å². The van der Waals surface area contributed by atoms with Crippen LogP contribution in [0, 0.1) is 11.8 Å². The van der Waals surface area contributed by atoms with E-state index < -0.39 is 0 Å². The summed E-state index contributed by atoms with van der Waals surface area (Å²) in [6, 6.07) is 7.88. The maximum Gasteiger partial charge on any atom is 0.310 e. The van der Waals surface area contributed by atoms with Crippen LogP contribution >= 0.6 is 0 Å². The number of hydrogen-bond acceptors (Lipinski definition) is 7. The summed E-state index contributed by atoms with van der Waals surface area (Å²) in [7, 11) is 4.74. The first kappa shape index (κ1) is 18.9. The number of carbonyl (C=O) groups is 1. The van der Waals surface area contributed by atoms with Gasteiger partial charge < -0.3 is 28.4 Å². The van der Waals surface area contributed by atoms with Crippen molar-refractivity contribution in [3.8, 4) is 28.7 Å². The molecule has 0 saturated carbocycles. The monoisotopic (exact) mass is 412 g/mol. The van der Waals surface area contributed by atoms with E-state index in [4.69, 9.17) is 28.4 Å². The van der Waals surface area contributed by atoms with Crippen LogP contribution < -0.4 is 23.7 Å². The van der Waals surface area contributed by atoms with Crippen LogP contribution in [-0.2, 0) is 9.53 Å². The van der Waals surface area contributed by atoms with Crippen molar-refractivity contribution in [3.05, 3.63) is 41.0 Å². The second-order valence-electron chi connectivity index (χ2n) is 7.88. The molecule has 1 saturated heterocycles. The lowest BCUT2D eigenvalue weighted by atomic mass is 9.63. The Hall–Kier alpha value is -3.09. The predicted octanol–water partition coefficient (Wildman–Crippen LogP) is 3.48. The minimum absolute atomic E-state index is 0.0782. The molecule has 158 valence electrons. The van der Waals surface area contributed by atoms with Crippen molar-refractivity contribution in [2.75, 3.05) is 34.7 Å². The third-order valence-corrected chi connectivity index (χ3v) is 6.60. The zero-order chi connectivity index (χ0) is 21.0. The first-order valence-corrected chi connectivity index (χ1v) is 9.97. The molecule has 0 aromatic heterocycles. The molecule has 2 aliphatic heterocycles. The zero-order valence-electron chi connectivity index (χ0n) is 17.4. The molecule has 4 atom stereocenters. The number of rotatable bonds is 4. The predicted molar refractivity (Wildman–Crippen MR) is 107 cm³/mol. The Bertz CT molecular complexity index is 990. The smallest absolute Gasteiger partial charge is 0.310 e. The zero-order valence-corrected chi connectivity index (χ0v) is 17.4. The Morgan fingerprint density at radius 1 is 0.867 bits per heavy atom. The first-order valence-electron chi connectivity index (χ1n) is 9.97. The average Bonchev–Trinajstić information content (AvgIpc) is 3.38. The van der Waals surface area contributed by atoms with Crippen molar-refractivity contribution < 1.29 is 33.2 Å². The van der Waals surface area contributed by atoms with E-state index in [1.165, 1.54) is 0 Å². The highest BCUT2D eigenvalue weighted by atomic mass is 16.7. The molecule has 0 spiro atoms. The van der Waals surface area contributed by atoms with Crippen molar-refractivity contribution in [3.63, 3.8) is 0 Å². The fraction of sp³-hybridized carbons (Fsp3) is 0.435. The van der Waals surface area contributed by atoms with Gasteiger partial charge in [-0.1, -0.05) is 6.92 Å². The van der Waals surface area contributed by atoms with Gasteiger partial charge in [-0.15, -0.1) is 0 Å². The molecule has 3 aliphatic rings. The average molecular weight is 412 g/mol. The van der Waals surface area contributed by atoms with Gasteiger partial charge in [0.2, 0.25) is 12.5 Å². The van der Waals surface area contributed by atoms with Crippen molar-refractivity contribution in [2.24, 2.45) is 11.8 Å². The topological polar surface area (TPSA) is 72.5 Å². The van der Waals surface area contributed by atoms with Crippen LogP contribution in [0.2, 0.25) is 0 Å². The fourth-order valence-corrected chi connectivity index (χ4v) is 5.12. The maximum absolute atomic E-state index is 12.8. The molecule has 7 nitrogen and oxygen atoms in total. The maximum atomic E-state index is 12.8. The van der Waals surface area contributed by atoms with Crippen LogP contribution in [0.25, 0.3) is 0 Å². The third-order valence-electron chi connectivity index (χ3n) is 6.60. The van der Waals surface area contributed by atoms with E-state index in [9.17, 15) is 4.79 Å². The highest BCUT2D eigenvalue weighted by Gasteiger charge is 2.51. The van der Waals surface area contributed by atoms with Crippen molar-refractivity contribution >= 4 is 5.97 Å². The number of benzene rings is 2. The van der Waals surface area contributed by atoms with Gasteiger partial charge in [0.05, 0.1) is 33.9 Å². The second-order valence-corrected chi connectivity index (χ2v) is 7.88. The second kappa shape index (κ2) is 7.00. The quantitative estimate of drug-likeness (QED) is 0.712. The van der Waals surface area contributed by atoms with Gasteiger partial charge in [-0.05, 0) is 46.9 Å². The van der Waals surface area contributed by atoms with Gasteiger partial charge in [-0.3, -0.25) is 4.79 Å². The summed E-state index contributed by atoms with van der Waals surface area (Å²) in [5.74, 6) is 2.61. The van der Waals surface area contributed by atoms with Crippen LogP contribution in [0.5, 0.6) is 28.7 Å². The number of esters is 1.